The first-order valence-electron chi connectivity index (χ1n) is 7.08. The first kappa shape index (κ1) is 15.7. The van der Waals surface area contributed by atoms with Crippen LogP contribution < -0.4 is 0 Å². The van der Waals surface area contributed by atoms with Crippen LogP contribution in [0.5, 0.6) is 0 Å². The second kappa shape index (κ2) is 5.98. The molecule has 0 saturated heterocycles. The number of benzene rings is 1. The van der Waals surface area contributed by atoms with Crippen LogP contribution in [0.3, 0.4) is 0 Å². The Bertz CT molecular complexity index is 696. The van der Waals surface area contributed by atoms with Gasteiger partial charge in [0.25, 0.3) is 0 Å². The van der Waals surface area contributed by atoms with Gasteiger partial charge in [0.1, 0.15) is 10.7 Å². The lowest BCUT2D eigenvalue weighted by molar-refractivity contribution is -0.385. The number of nitrogens with zero attached hydrogens (tertiary/aromatic N) is 2. The van der Waals surface area contributed by atoms with Gasteiger partial charge in [-0.25, -0.2) is 4.98 Å². The number of halogens is 1. The van der Waals surface area contributed by atoms with E-state index in [4.69, 9.17) is 11.6 Å². The fourth-order valence-electron chi connectivity index (χ4n) is 2.49. The summed E-state index contributed by atoms with van der Waals surface area (Å²) in [6.07, 6.45) is 0.540. The molecule has 1 heterocycles. The van der Waals surface area contributed by atoms with Gasteiger partial charge in [-0.2, -0.15) is 0 Å². The molecule has 21 heavy (non-hydrogen) atoms. The molecule has 2 rings (SSSR count). The molecular formula is C16H19ClN2O2. The van der Waals surface area contributed by atoms with E-state index in [1.807, 2.05) is 26.0 Å². The van der Waals surface area contributed by atoms with Crippen LogP contribution in [0, 0.1) is 16.0 Å². The maximum atomic E-state index is 11.4. The van der Waals surface area contributed by atoms with Crippen molar-refractivity contribution in [2.45, 2.75) is 40.0 Å². The molecule has 1 aromatic carbocycles. The molecule has 0 aliphatic heterocycles. The van der Waals surface area contributed by atoms with Gasteiger partial charge in [-0.05, 0) is 23.8 Å². The number of rotatable bonds is 4. The lowest BCUT2D eigenvalue weighted by Crippen LogP contribution is -2.05. The van der Waals surface area contributed by atoms with Crippen LogP contribution in [0.15, 0.2) is 18.2 Å². The molecule has 0 N–H and O–H groups in total. The number of nitro groups is 1. The maximum absolute atomic E-state index is 11.4. The summed E-state index contributed by atoms with van der Waals surface area (Å²) >= 11 is 6.32. The third-order valence-corrected chi connectivity index (χ3v) is 3.82. The van der Waals surface area contributed by atoms with Gasteiger partial charge in [-0.1, -0.05) is 57.5 Å². The molecule has 0 unspecified atom stereocenters. The summed E-state index contributed by atoms with van der Waals surface area (Å²) in [6.45, 7) is 8.18. The second-order valence-electron chi connectivity index (χ2n) is 5.97. The minimum atomic E-state index is -0.422. The highest BCUT2D eigenvalue weighted by Crippen LogP contribution is 2.37. The molecule has 0 aliphatic carbocycles. The van der Waals surface area contributed by atoms with E-state index in [1.54, 1.807) is 6.07 Å². The average Bonchev–Trinajstić information content (AvgIpc) is 2.36. The van der Waals surface area contributed by atoms with Crippen molar-refractivity contribution in [2.24, 2.45) is 5.92 Å². The van der Waals surface area contributed by atoms with Gasteiger partial charge in [0, 0.05) is 5.39 Å². The normalized spacial score (nSPS) is 11.6. The van der Waals surface area contributed by atoms with E-state index in [1.165, 1.54) is 0 Å². The topological polar surface area (TPSA) is 56.0 Å². The summed E-state index contributed by atoms with van der Waals surface area (Å²) in [6, 6.07) is 5.67. The molecule has 0 amide bonds. The number of hydrogen-bond donors (Lipinski definition) is 0. The van der Waals surface area contributed by atoms with Gasteiger partial charge < -0.3 is 0 Å². The molecular weight excluding hydrogens is 288 g/mol. The van der Waals surface area contributed by atoms with Crippen LogP contribution in [0.2, 0.25) is 5.02 Å². The molecule has 112 valence electrons. The van der Waals surface area contributed by atoms with Crippen LogP contribution >= 0.6 is 11.6 Å². The van der Waals surface area contributed by atoms with Crippen molar-refractivity contribution in [3.63, 3.8) is 0 Å². The largest absolute Gasteiger partial charge is 0.309 e. The molecule has 0 radical (unpaired) electrons. The van der Waals surface area contributed by atoms with Crippen molar-refractivity contribution in [3.8, 4) is 0 Å². The van der Waals surface area contributed by atoms with Crippen molar-refractivity contribution in [1.82, 2.24) is 4.98 Å². The highest BCUT2D eigenvalue weighted by Gasteiger charge is 2.25. The first-order valence-corrected chi connectivity index (χ1v) is 7.46. The Hall–Kier alpha value is -1.68. The van der Waals surface area contributed by atoms with Crippen LogP contribution in [-0.4, -0.2) is 9.91 Å². The Morgan fingerprint density at radius 2 is 1.95 bits per heavy atom. The van der Waals surface area contributed by atoms with Crippen LogP contribution in [0.25, 0.3) is 10.9 Å². The Morgan fingerprint density at radius 1 is 1.29 bits per heavy atom. The summed E-state index contributed by atoms with van der Waals surface area (Å²) in [7, 11) is 0. The van der Waals surface area contributed by atoms with E-state index >= 15 is 0 Å². The summed E-state index contributed by atoms with van der Waals surface area (Å²) in [4.78, 5) is 15.5. The number of pyridine rings is 1. The molecule has 1 aromatic heterocycles. The lowest BCUT2D eigenvalue weighted by atomic mass is 9.98. The van der Waals surface area contributed by atoms with E-state index in [0.717, 1.165) is 11.1 Å². The van der Waals surface area contributed by atoms with Crippen LogP contribution in [0.4, 0.5) is 5.69 Å². The van der Waals surface area contributed by atoms with Crippen molar-refractivity contribution < 1.29 is 4.92 Å². The van der Waals surface area contributed by atoms with Gasteiger partial charge in [-0.3, -0.25) is 10.1 Å². The minimum absolute atomic E-state index is 0.0567. The third-order valence-electron chi connectivity index (χ3n) is 3.44. The van der Waals surface area contributed by atoms with Gasteiger partial charge in [0.05, 0.1) is 10.4 Å². The molecule has 0 bridgehead atoms. The minimum Gasteiger partial charge on any atom is -0.258 e. The predicted molar refractivity (Wildman–Crippen MR) is 86.0 cm³/mol. The standard InChI is InChI=1S/C16H19ClN2O2/c1-9(2)8-13-16(19(20)21)14(17)12-7-5-6-11(10(3)4)15(12)18-13/h5-7,9-10H,8H2,1-4H3. The van der Waals surface area contributed by atoms with Crippen molar-refractivity contribution in [3.05, 3.63) is 44.6 Å². The fourth-order valence-corrected chi connectivity index (χ4v) is 2.82. The lowest BCUT2D eigenvalue weighted by Gasteiger charge is -2.13. The van der Waals surface area contributed by atoms with Crippen LogP contribution in [0.1, 0.15) is 44.9 Å². The van der Waals surface area contributed by atoms with Gasteiger partial charge in [0.15, 0.2) is 0 Å². The fraction of sp³-hybridized carbons (Fsp3) is 0.438. The molecule has 4 nitrogen and oxygen atoms in total. The SMILES string of the molecule is CC(C)Cc1nc2c(C(C)C)cccc2c(Cl)c1[N+](=O)[O-]. The van der Waals surface area contributed by atoms with Gasteiger partial charge in [-0.15, -0.1) is 0 Å². The molecule has 0 saturated carbocycles. The highest BCUT2D eigenvalue weighted by molar-refractivity contribution is 6.37. The highest BCUT2D eigenvalue weighted by atomic mass is 35.5. The Balaban J connectivity index is 2.84. The maximum Gasteiger partial charge on any atom is 0.309 e. The van der Waals surface area contributed by atoms with Crippen molar-refractivity contribution >= 4 is 28.2 Å². The second-order valence-corrected chi connectivity index (χ2v) is 6.35. The van der Waals surface area contributed by atoms with Crippen LogP contribution in [-0.2, 0) is 6.42 Å². The zero-order chi connectivity index (χ0) is 15.7. The summed E-state index contributed by atoms with van der Waals surface area (Å²) in [5.41, 5.74) is 2.26. The molecule has 5 heteroatoms. The number of aromatic nitrogens is 1. The molecule has 0 fully saturated rings. The Kier molecular flexibility index (Phi) is 4.47. The number of fused-ring (bicyclic) bond motifs is 1. The monoisotopic (exact) mass is 306 g/mol. The smallest absolute Gasteiger partial charge is 0.258 e. The Labute approximate surface area is 129 Å². The quantitative estimate of drug-likeness (QED) is 0.582. The zero-order valence-corrected chi connectivity index (χ0v) is 13.4. The van der Waals surface area contributed by atoms with E-state index in [9.17, 15) is 10.1 Å². The van der Waals surface area contributed by atoms with Crippen molar-refractivity contribution in [2.75, 3.05) is 0 Å². The van der Waals surface area contributed by atoms with E-state index in [-0.39, 0.29) is 22.5 Å². The number of para-hydroxylation sites is 1. The molecule has 2 aromatic rings. The third kappa shape index (κ3) is 3.00. The van der Waals surface area contributed by atoms with Gasteiger partial charge >= 0.3 is 5.69 Å². The summed E-state index contributed by atoms with van der Waals surface area (Å²) in [5.74, 6) is 0.557. The molecule has 0 atom stereocenters. The predicted octanol–water partition coefficient (Wildman–Crippen LogP) is 5.12. The first-order chi connectivity index (χ1) is 9.82. The number of hydrogen-bond acceptors (Lipinski definition) is 3. The molecule has 0 spiro atoms. The molecule has 0 aliphatic rings. The van der Waals surface area contributed by atoms with E-state index in [0.29, 0.717) is 17.5 Å². The average molecular weight is 307 g/mol. The summed E-state index contributed by atoms with van der Waals surface area (Å²) in [5, 5.41) is 12.2. The van der Waals surface area contributed by atoms with E-state index in [2.05, 4.69) is 18.8 Å². The summed E-state index contributed by atoms with van der Waals surface area (Å²) < 4.78 is 0. The van der Waals surface area contributed by atoms with Gasteiger partial charge in [0.2, 0.25) is 0 Å². The van der Waals surface area contributed by atoms with E-state index < -0.39 is 4.92 Å². The van der Waals surface area contributed by atoms with Crippen molar-refractivity contribution in [1.29, 1.82) is 0 Å². The Morgan fingerprint density at radius 3 is 2.48 bits per heavy atom. The zero-order valence-electron chi connectivity index (χ0n) is 12.7.